The molecule has 62 valence electrons. The number of hydrogen-bond acceptors (Lipinski definition) is 1. The maximum atomic E-state index is 11.0. The Morgan fingerprint density at radius 3 is 2.55 bits per heavy atom. The van der Waals surface area contributed by atoms with E-state index in [0.29, 0.717) is 0 Å². The largest absolute Gasteiger partial charge is 0.324 e. The Hall–Kier alpha value is -0.630. The molecule has 1 rings (SSSR count). The van der Waals surface area contributed by atoms with E-state index in [1.807, 2.05) is 0 Å². The van der Waals surface area contributed by atoms with Gasteiger partial charge in [-0.1, -0.05) is 6.08 Å². The third-order valence-electron chi connectivity index (χ3n) is 2.18. The highest BCUT2D eigenvalue weighted by Gasteiger charge is 2.22. The summed E-state index contributed by atoms with van der Waals surface area (Å²) >= 11 is 0. The second kappa shape index (κ2) is 2.78. The van der Waals surface area contributed by atoms with E-state index in [4.69, 9.17) is 0 Å². The molecule has 0 spiro atoms. The van der Waals surface area contributed by atoms with Crippen LogP contribution in [0.1, 0.15) is 13.3 Å². The van der Waals surface area contributed by atoms with Crippen LogP contribution in [0.3, 0.4) is 0 Å². The first kappa shape index (κ1) is 8.47. The monoisotopic (exact) mass is 154 g/mol. The second-order valence-electron chi connectivity index (χ2n) is 3.89. The van der Waals surface area contributed by atoms with Crippen molar-refractivity contribution in [1.82, 2.24) is 0 Å². The lowest BCUT2D eigenvalue weighted by Gasteiger charge is -2.32. The Morgan fingerprint density at radius 1 is 1.55 bits per heavy atom. The number of quaternary nitrogens is 1. The van der Waals surface area contributed by atoms with Crippen molar-refractivity contribution >= 4 is 5.78 Å². The first-order valence-electron chi connectivity index (χ1n) is 4.03. The van der Waals surface area contributed by atoms with Gasteiger partial charge in [-0.05, 0) is 6.92 Å². The minimum absolute atomic E-state index is 0.232. The number of carbonyl (C=O) groups is 1. The Labute approximate surface area is 68.1 Å². The summed E-state index contributed by atoms with van der Waals surface area (Å²) in [6, 6.07) is 0. The van der Waals surface area contributed by atoms with E-state index >= 15 is 0 Å². The highest BCUT2D eigenvalue weighted by Crippen LogP contribution is 2.13. The number of carbonyl (C=O) groups excluding carboxylic acids is 1. The topological polar surface area (TPSA) is 17.1 Å². The van der Waals surface area contributed by atoms with Gasteiger partial charge in [0.15, 0.2) is 5.78 Å². The zero-order valence-corrected chi connectivity index (χ0v) is 7.55. The molecule has 0 amide bonds. The summed E-state index contributed by atoms with van der Waals surface area (Å²) in [4.78, 5) is 11.0. The van der Waals surface area contributed by atoms with Crippen LogP contribution in [0.4, 0.5) is 0 Å². The van der Waals surface area contributed by atoms with Crippen LogP contribution in [0.15, 0.2) is 11.6 Å². The van der Waals surface area contributed by atoms with E-state index in [0.717, 1.165) is 29.6 Å². The zero-order valence-electron chi connectivity index (χ0n) is 7.55. The lowest BCUT2D eigenvalue weighted by atomic mass is 10.1. The van der Waals surface area contributed by atoms with Crippen LogP contribution in [0, 0.1) is 0 Å². The number of nitrogens with zero attached hydrogens (tertiary/aromatic N) is 1. The molecule has 1 aliphatic rings. The smallest absolute Gasteiger partial charge is 0.161 e. The molecule has 0 aromatic carbocycles. The standard InChI is InChI=1S/C9H16NO/c1-8(11)9-5-4-6-10(2,3)7-9/h5H,4,6-7H2,1-3H3/q+1. The second-order valence-corrected chi connectivity index (χ2v) is 3.89. The maximum absolute atomic E-state index is 11.0. The van der Waals surface area contributed by atoms with Gasteiger partial charge in [-0.15, -0.1) is 0 Å². The molecular formula is C9H16NO+. The van der Waals surface area contributed by atoms with E-state index in [1.54, 1.807) is 6.92 Å². The summed E-state index contributed by atoms with van der Waals surface area (Å²) in [5.41, 5.74) is 1.00. The molecular weight excluding hydrogens is 138 g/mol. The molecule has 0 fully saturated rings. The fraction of sp³-hybridized carbons (Fsp3) is 0.667. The van der Waals surface area contributed by atoms with Crippen molar-refractivity contribution in [2.75, 3.05) is 27.2 Å². The third kappa shape index (κ3) is 2.15. The summed E-state index contributed by atoms with van der Waals surface area (Å²) in [5, 5.41) is 0. The average Bonchev–Trinajstić information content (AvgIpc) is 1.85. The average molecular weight is 154 g/mol. The molecule has 2 nitrogen and oxygen atoms in total. The van der Waals surface area contributed by atoms with Crippen molar-refractivity contribution in [3.8, 4) is 0 Å². The normalized spacial score (nSPS) is 22.6. The van der Waals surface area contributed by atoms with Crippen LogP contribution in [0.5, 0.6) is 0 Å². The van der Waals surface area contributed by atoms with Crippen molar-refractivity contribution < 1.29 is 9.28 Å². The highest BCUT2D eigenvalue weighted by molar-refractivity contribution is 5.93. The predicted octanol–water partition coefficient (Wildman–Crippen LogP) is 0.982. The lowest BCUT2D eigenvalue weighted by Crippen LogP contribution is -2.44. The molecule has 0 bridgehead atoms. The molecule has 0 aromatic rings. The van der Waals surface area contributed by atoms with Crippen LogP contribution in [0.2, 0.25) is 0 Å². The van der Waals surface area contributed by atoms with E-state index < -0.39 is 0 Å². The van der Waals surface area contributed by atoms with Crippen LogP contribution >= 0.6 is 0 Å². The van der Waals surface area contributed by atoms with Gasteiger partial charge in [0.2, 0.25) is 0 Å². The van der Waals surface area contributed by atoms with Gasteiger partial charge in [0, 0.05) is 12.0 Å². The molecule has 0 radical (unpaired) electrons. The van der Waals surface area contributed by atoms with Gasteiger partial charge in [0.1, 0.15) is 6.54 Å². The van der Waals surface area contributed by atoms with Gasteiger partial charge >= 0.3 is 0 Å². The van der Waals surface area contributed by atoms with Crippen LogP contribution in [-0.4, -0.2) is 37.5 Å². The molecule has 1 heterocycles. The highest BCUT2D eigenvalue weighted by atomic mass is 16.1. The number of Topliss-reactive ketones (excluding diaryl/α,β-unsaturated/α-hetero) is 1. The molecule has 11 heavy (non-hydrogen) atoms. The summed E-state index contributed by atoms with van der Waals surface area (Å²) in [6.07, 6.45) is 3.12. The number of ketones is 1. The summed E-state index contributed by atoms with van der Waals surface area (Å²) in [7, 11) is 4.33. The van der Waals surface area contributed by atoms with Crippen molar-refractivity contribution in [3.63, 3.8) is 0 Å². The SMILES string of the molecule is CC(=O)C1=CCC[N+](C)(C)C1. The Balaban J connectivity index is 2.71. The Kier molecular flexibility index (Phi) is 2.14. The zero-order chi connectivity index (χ0) is 8.48. The Bertz CT molecular complexity index is 204. The van der Waals surface area contributed by atoms with Crippen molar-refractivity contribution in [1.29, 1.82) is 0 Å². The number of likely N-dealkylation sites (N-methyl/N-ethyl adjacent to an activating group) is 1. The molecule has 0 aromatic heterocycles. The molecule has 0 N–H and O–H groups in total. The van der Waals surface area contributed by atoms with Gasteiger partial charge in [-0.2, -0.15) is 0 Å². The molecule has 0 unspecified atom stereocenters. The minimum Gasteiger partial charge on any atom is -0.324 e. The summed E-state index contributed by atoms with van der Waals surface area (Å²) < 4.78 is 0.950. The van der Waals surface area contributed by atoms with E-state index in [2.05, 4.69) is 20.2 Å². The van der Waals surface area contributed by atoms with Crippen LogP contribution in [-0.2, 0) is 4.79 Å². The fourth-order valence-electron chi connectivity index (χ4n) is 1.45. The molecule has 1 aliphatic heterocycles. The molecule has 0 saturated heterocycles. The van der Waals surface area contributed by atoms with Gasteiger partial charge < -0.3 is 4.48 Å². The Morgan fingerprint density at radius 2 is 2.18 bits per heavy atom. The van der Waals surface area contributed by atoms with Gasteiger partial charge in [0.05, 0.1) is 20.6 Å². The van der Waals surface area contributed by atoms with E-state index in [9.17, 15) is 4.79 Å². The van der Waals surface area contributed by atoms with Gasteiger partial charge in [-0.3, -0.25) is 4.79 Å². The molecule has 0 aliphatic carbocycles. The molecule has 2 heteroatoms. The summed E-state index contributed by atoms with van der Waals surface area (Å²) in [6.45, 7) is 3.70. The minimum atomic E-state index is 0.232. The molecule has 0 saturated carbocycles. The van der Waals surface area contributed by atoms with Crippen LogP contribution < -0.4 is 0 Å². The number of rotatable bonds is 1. The first-order valence-corrected chi connectivity index (χ1v) is 4.03. The lowest BCUT2D eigenvalue weighted by molar-refractivity contribution is -0.886. The quantitative estimate of drug-likeness (QED) is 0.515. The van der Waals surface area contributed by atoms with Gasteiger partial charge in [0.25, 0.3) is 0 Å². The van der Waals surface area contributed by atoms with Crippen molar-refractivity contribution in [3.05, 3.63) is 11.6 Å². The predicted molar refractivity (Wildman–Crippen MR) is 45.2 cm³/mol. The third-order valence-corrected chi connectivity index (χ3v) is 2.18. The van der Waals surface area contributed by atoms with E-state index in [1.165, 1.54) is 0 Å². The molecule has 0 atom stereocenters. The van der Waals surface area contributed by atoms with Crippen molar-refractivity contribution in [2.45, 2.75) is 13.3 Å². The van der Waals surface area contributed by atoms with Crippen LogP contribution in [0.25, 0.3) is 0 Å². The summed E-state index contributed by atoms with van der Waals surface area (Å²) in [5.74, 6) is 0.232. The first-order chi connectivity index (χ1) is 5.01. The van der Waals surface area contributed by atoms with Gasteiger partial charge in [-0.25, -0.2) is 0 Å². The number of hydrogen-bond donors (Lipinski definition) is 0. The van der Waals surface area contributed by atoms with Crippen molar-refractivity contribution in [2.24, 2.45) is 0 Å². The van der Waals surface area contributed by atoms with E-state index in [-0.39, 0.29) is 5.78 Å². The maximum Gasteiger partial charge on any atom is 0.161 e. The fourth-order valence-corrected chi connectivity index (χ4v) is 1.45.